The van der Waals surface area contributed by atoms with Gasteiger partial charge in [-0.3, -0.25) is 9.59 Å². The van der Waals surface area contributed by atoms with E-state index in [-0.39, 0.29) is 28.8 Å². The van der Waals surface area contributed by atoms with Crippen LogP contribution in [0.1, 0.15) is 79.1 Å². The monoisotopic (exact) mass is 358 g/mol. The summed E-state index contributed by atoms with van der Waals surface area (Å²) >= 11 is 0. The Kier molecular flexibility index (Phi) is 4.36. The first-order chi connectivity index (χ1) is 12.3. The highest BCUT2D eigenvalue weighted by atomic mass is 16.5. The number of ether oxygens (including phenoxy) is 1. The fourth-order valence-corrected chi connectivity index (χ4v) is 6.98. The molecule has 3 fully saturated rings. The first-order valence-corrected chi connectivity index (χ1v) is 10.7. The molecule has 0 spiro atoms. The zero-order valence-corrected chi connectivity index (χ0v) is 16.8. The lowest BCUT2D eigenvalue weighted by molar-refractivity contribution is -0.163. The van der Waals surface area contributed by atoms with Gasteiger partial charge < -0.3 is 4.74 Å². The van der Waals surface area contributed by atoms with Crippen LogP contribution >= 0.6 is 0 Å². The summed E-state index contributed by atoms with van der Waals surface area (Å²) in [6, 6.07) is 0. The number of carbonyl (C=O) groups is 2. The number of allylic oxidation sites excluding steroid dienone is 1. The number of esters is 1. The smallest absolute Gasteiger partial charge is 0.308 e. The lowest BCUT2D eigenvalue weighted by atomic mass is 9.47. The van der Waals surface area contributed by atoms with E-state index in [0.29, 0.717) is 17.6 Å². The van der Waals surface area contributed by atoms with Gasteiger partial charge in [0.05, 0.1) is 5.92 Å². The molecule has 0 bridgehead atoms. The number of hydrogen-bond acceptors (Lipinski definition) is 3. The van der Waals surface area contributed by atoms with E-state index in [9.17, 15) is 9.59 Å². The summed E-state index contributed by atoms with van der Waals surface area (Å²) < 4.78 is 5.98. The van der Waals surface area contributed by atoms with Gasteiger partial charge in [0.25, 0.3) is 0 Å². The highest BCUT2D eigenvalue weighted by Crippen LogP contribution is 2.65. The summed E-state index contributed by atoms with van der Waals surface area (Å²) in [5, 5.41) is 0. The average Bonchev–Trinajstić information content (AvgIpc) is 2.92. The number of carbonyl (C=O) groups excluding carboxylic acids is 2. The maximum atomic E-state index is 12.2. The van der Waals surface area contributed by atoms with E-state index in [1.807, 2.05) is 19.9 Å². The van der Waals surface area contributed by atoms with Crippen LogP contribution in [-0.2, 0) is 14.3 Å². The summed E-state index contributed by atoms with van der Waals surface area (Å²) in [5.41, 5.74) is 1.80. The molecule has 0 aromatic heterocycles. The second kappa shape index (κ2) is 6.21. The largest absolute Gasteiger partial charge is 0.462 e. The van der Waals surface area contributed by atoms with Gasteiger partial charge in [-0.05, 0) is 74.2 Å². The highest BCUT2D eigenvalue weighted by Gasteiger charge is 2.59. The molecule has 6 atom stereocenters. The predicted octanol–water partition coefficient (Wildman–Crippen LogP) is 5.09. The van der Waals surface area contributed by atoms with E-state index in [1.165, 1.54) is 24.8 Å². The van der Waals surface area contributed by atoms with E-state index in [4.69, 9.17) is 4.74 Å². The Morgan fingerprint density at radius 2 is 1.85 bits per heavy atom. The quantitative estimate of drug-likeness (QED) is 0.646. The molecule has 0 N–H and O–H groups in total. The Hall–Kier alpha value is -1.12. The maximum absolute atomic E-state index is 12.2. The van der Waals surface area contributed by atoms with Gasteiger partial charge in [0.2, 0.25) is 0 Å². The van der Waals surface area contributed by atoms with Gasteiger partial charge in [-0.1, -0.05) is 33.3 Å². The maximum Gasteiger partial charge on any atom is 0.308 e. The zero-order chi connectivity index (χ0) is 18.7. The molecule has 0 radical (unpaired) electrons. The summed E-state index contributed by atoms with van der Waals surface area (Å²) in [7, 11) is 0. The van der Waals surface area contributed by atoms with Gasteiger partial charge in [-0.2, -0.15) is 0 Å². The van der Waals surface area contributed by atoms with Crippen molar-refractivity contribution in [3.05, 3.63) is 11.6 Å². The molecule has 0 aromatic carbocycles. The number of rotatable bonds is 2. The van der Waals surface area contributed by atoms with E-state index in [0.717, 1.165) is 38.0 Å². The number of hydrogen-bond donors (Lipinski definition) is 0. The van der Waals surface area contributed by atoms with Crippen molar-refractivity contribution in [3.8, 4) is 0 Å². The molecular formula is C23H34O3. The Morgan fingerprint density at radius 3 is 2.58 bits per heavy atom. The summed E-state index contributed by atoms with van der Waals surface area (Å²) in [4.78, 5) is 24.1. The Labute approximate surface area is 157 Å². The molecule has 4 aliphatic rings. The Bertz CT molecular complexity index is 648. The van der Waals surface area contributed by atoms with Gasteiger partial charge in [-0.25, -0.2) is 0 Å². The molecule has 0 saturated heterocycles. The van der Waals surface area contributed by atoms with Gasteiger partial charge in [0.1, 0.15) is 6.10 Å². The second-order valence-electron chi connectivity index (χ2n) is 10.2. The topological polar surface area (TPSA) is 43.4 Å². The highest BCUT2D eigenvalue weighted by molar-refractivity contribution is 5.91. The Balaban J connectivity index is 1.57. The van der Waals surface area contributed by atoms with Gasteiger partial charge in [0, 0.05) is 11.8 Å². The van der Waals surface area contributed by atoms with Crippen molar-refractivity contribution >= 4 is 11.8 Å². The third-order valence-electron chi connectivity index (χ3n) is 8.60. The normalized spacial score (nSPS) is 44.8. The van der Waals surface area contributed by atoms with Crippen LogP contribution in [0.15, 0.2) is 11.6 Å². The minimum atomic E-state index is -0.0462. The van der Waals surface area contributed by atoms with E-state index < -0.39 is 0 Å². The predicted molar refractivity (Wildman–Crippen MR) is 101 cm³/mol. The van der Waals surface area contributed by atoms with E-state index in [1.54, 1.807) is 0 Å². The van der Waals surface area contributed by atoms with Crippen molar-refractivity contribution in [2.45, 2.75) is 85.2 Å². The molecule has 3 nitrogen and oxygen atoms in total. The average molecular weight is 359 g/mol. The number of fused-ring (bicyclic) bond motifs is 5. The van der Waals surface area contributed by atoms with Crippen LogP contribution in [-0.4, -0.2) is 17.9 Å². The van der Waals surface area contributed by atoms with Crippen LogP contribution in [0.4, 0.5) is 0 Å². The van der Waals surface area contributed by atoms with Crippen molar-refractivity contribution < 1.29 is 14.3 Å². The molecule has 0 amide bonds. The van der Waals surface area contributed by atoms with E-state index >= 15 is 0 Å². The van der Waals surface area contributed by atoms with Crippen LogP contribution < -0.4 is 0 Å². The van der Waals surface area contributed by atoms with Crippen LogP contribution in [0.3, 0.4) is 0 Å². The minimum absolute atomic E-state index is 0.0365. The fraction of sp³-hybridized carbons (Fsp3) is 0.826. The summed E-state index contributed by atoms with van der Waals surface area (Å²) in [6.45, 7) is 8.66. The first kappa shape index (κ1) is 18.3. The van der Waals surface area contributed by atoms with E-state index in [2.05, 4.69) is 13.8 Å². The van der Waals surface area contributed by atoms with Crippen molar-refractivity contribution in [2.24, 2.45) is 34.5 Å². The molecule has 0 heterocycles. The second-order valence-corrected chi connectivity index (χ2v) is 10.2. The van der Waals surface area contributed by atoms with Crippen molar-refractivity contribution in [1.82, 2.24) is 0 Å². The molecule has 3 saturated carbocycles. The standard InChI is InChI=1S/C23H34O3/c1-14(2)21(25)26-20-8-7-18-17-6-5-15-13-16(24)9-11-22(15,3)19(17)10-12-23(18,20)4/h13-14,17-20H,5-12H2,1-4H3/t17?,18?,19?,20?,22-,23-/m0/s1. The van der Waals surface area contributed by atoms with Crippen LogP contribution in [0.5, 0.6) is 0 Å². The summed E-state index contributed by atoms with van der Waals surface area (Å²) in [5.74, 6) is 2.35. The van der Waals surface area contributed by atoms with Gasteiger partial charge in [0.15, 0.2) is 5.78 Å². The molecule has 4 unspecified atom stereocenters. The lowest BCUT2D eigenvalue weighted by Crippen LogP contribution is -2.51. The van der Waals surface area contributed by atoms with Crippen molar-refractivity contribution in [2.75, 3.05) is 0 Å². The third kappa shape index (κ3) is 2.60. The Morgan fingerprint density at radius 1 is 1.08 bits per heavy atom. The first-order valence-electron chi connectivity index (χ1n) is 10.7. The molecular weight excluding hydrogens is 324 g/mol. The fourth-order valence-electron chi connectivity index (χ4n) is 6.98. The van der Waals surface area contributed by atoms with Gasteiger partial charge >= 0.3 is 5.97 Å². The molecule has 144 valence electrons. The molecule has 3 heteroatoms. The molecule has 4 aliphatic carbocycles. The summed E-state index contributed by atoms with van der Waals surface area (Å²) in [6.07, 6.45) is 10.7. The molecule has 26 heavy (non-hydrogen) atoms. The van der Waals surface area contributed by atoms with Crippen molar-refractivity contribution in [1.29, 1.82) is 0 Å². The minimum Gasteiger partial charge on any atom is -0.462 e. The SMILES string of the molecule is CC(C)C(=O)OC1CCC2C3CCC4=CC(=O)CC[C@]4(C)C3CC[C@]12C. The lowest BCUT2D eigenvalue weighted by Gasteiger charge is -2.57. The zero-order valence-electron chi connectivity index (χ0n) is 16.8. The number of ketones is 1. The van der Waals surface area contributed by atoms with Crippen LogP contribution in [0, 0.1) is 34.5 Å². The van der Waals surface area contributed by atoms with Crippen molar-refractivity contribution in [3.63, 3.8) is 0 Å². The van der Waals surface area contributed by atoms with Crippen LogP contribution in [0.2, 0.25) is 0 Å². The van der Waals surface area contributed by atoms with Gasteiger partial charge in [-0.15, -0.1) is 0 Å². The third-order valence-corrected chi connectivity index (χ3v) is 8.60. The molecule has 4 rings (SSSR count). The van der Waals surface area contributed by atoms with Crippen LogP contribution in [0.25, 0.3) is 0 Å². The molecule has 0 aromatic rings. The molecule has 0 aliphatic heterocycles.